The zero-order chi connectivity index (χ0) is 13.4. The van der Waals surface area contributed by atoms with E-state index in [2.05, 4.69) is 30.1 Å². The molecule has 0 spiro atoms. The highest BCUT2D eigenvalue weighted by atomic mass is 14.7. The summed E-state index contributed by atoms with van der Waals surface area (Å²) in [4.78, 5) is 3.40. The standard InChI is InChI=1S/C16H15N3/c1-10-4-2-3-5-13(10)15-8-11-6-7-12(16(17)18)9-14(11)19-15/h2-9,19H,1H3,(H3,17,18). The van der Waals surface area contributed by atoms with Gasteiger partial charge in [0.1, 0.15) is 5.84 Å². The number of aryl methyl sites for hydroxylation is 1. The normalized spacial score (nSPS) is 10.8. The Bertz CT molecular complexity index is 769. The van der Waals surface area contributed by atoms with Gasteiger partial charge in [0.25, 0.3) is 0 Å². The molecule has 0 unspecified atom stereocenters. The van der Waals surface area contributed by atoms with Crippen LogP contribution in [0.15, 0.2) is 48.5 Å². The maximum absolute atomic E-state index is 7.48. The van der Waals surface area contributed by atoms with Crippen molar-refractivity contribution in [2.24, 2.45) is 5.73 Å². The lowest BCUT2D eigenvalue weighted by Crippen LogP contribution is -2.10. The molecule has 0 aliphatic rings. The van der Waals surface area contributed by atoms with Gasteiger partial charge in [-0.05, 0) is 24.6 Å². The van der Waals surface area contributed by atoms with Crippen LogP contribution in [0.5, 0.6) is 0 Å². The molecule has 3 nitrogen and oxygen atoms in total. The number of nitrogens with one attached hydrogen (secondary N) is 2. The highest BCUT2D eigenvalue weighted by Gasteiger charge is 2.06. The van der Waals surface area contributed by atoms with Gasteiger partial charge in [-0.15, -0.1) is 0 Å². The largest absolute Gasteiger partial charge is 0.384 e. The van der Waals surface area contributed by atoms with Crippen molar-refractivity contribution in [2.45, 2.75) is 6.92 Å². The van der Waals surface area contributed by atoms with Gasteiger partial charge in [0, 0.05) is 27.7 Å². The highest BCUT2D eigenvalue weighted by Crippen LogP contribution is 2.26. The average molecular weight is 249 g/mol. The minimum atomic E-state index is 0.0916. The van der Waals surface area contributed by atoms with E-state index >= 15 is 0 Å². The molecule has 0 saturated heterocycles. The van der Waals surface area contributed by atoms with Gasteiger partial charge in [-0.3, -0.25) is 5.41 Å². The first-order valence-electron chi connectivity index (χ1n) is 6.18. The van der Waals surface area contributed by atoms with E-state index in [0.29, 0.717) is 0 Å². The van der Waals surface area contributed by atoms with Crippen LogP contribution in [-0.4, -0.2) is 10.8 Å². The fourth-order valence-corrected chi connectivity index (χ4v) is 2.31. The molecule has 0 fully saturated rings. The molecular formula is C16H15N3. The van der Waals surface area contributed by atoms with Crippen molar-refractivity contribution in [1.82, 2.24) is 4.98 Å². The molecule has 0 bridgehead atoms. The molecule has 1 aromatic heterocycles. The van der Waals surface area contributed by atoms with E-state index in [9.17, 15) is 0 Å². The van der Waals surface area contributed by atoms with E-state index < -0.39 is 0 Å². The molecule has 0 amide bonds. The number of nitrogen functional groups attached to an aromatic ring is 1. The summed E-state index contributed by atoms with van der Waals surface area (Å²) in [7, 11) is 0. The van der Waals surface area contributed by atoms with Crippen molar-refractivity contribution in [3.63, 3.8) is 0 Å². The van der Waals surface area contributed by atoms with Crippen LogP contribution in [0.1, 0.15) is 11.1 Å². The van der Waals surface area contributed by atoms with Crippen LogP contribution in [0.2, 0.25) is 0 Å². The Labute approximate surface area is 111 Å². The number of benzene rings is 2. The summed E-state index contributed by atoms with van der Waals surface area (Å²) in [5.41, 5.74) is 10.8. The molecule has 0 aliphatic heterocycles. The zero-order valence-electron chi connectivity index (χ0n) is 10.7. The number of aromatic nitrogens is 1. The van der Waals surface area contributed by atoms with Crippen molar-refractivity contribution in [3.05, 3.63) is 59.7 Å². The Kier molecular flexibility index (Phi) is 2.60. The first-order valence-corrected chi connectivity index (χ1v) is 6.18. The molecule has 19 heavy (non-hydrogen) atoms. The van der Waals surface area contributed by atoms with E-state index in [1.165, 1.54) is 11.1 Å². The van der Waals surface area contributed by atoms with Gasteiger partial charge in [-0.1, -0.05) is 36.4 Å². The van der Waals surface area contributed by atoms with E-state index in [0.717, 1.165) is 22.2 Å². The third-order valence-corrected chi connectivity index (χ3v) is 3.37. The van der Waals surface area contributed by atoms with Crippen molar-refractivity contribution in [2.75, 3.05) is 0 Å². The lowest BCUT2D eigenvalue weighted by Gasteiger charge is -2.01. The lowest BCUT2D eigenvalue weighted by molar-refractivity contribution is 1.39. The second-order valence-corrected chi connectivity index (χ2v) is 4.71. The van der Waals surface area contributed by atoms with E-state index in [-0.39, 0.29) is 5.84 Å². The SMILES string of the molecule is Cc1ccccc1-c1cc2ccc(C(=N)N)cc2[nH]1. The number of fused-ring (bicyclic) bond motifs is 1. The van der Waals surface area contributed by atoms with Crippen molar-refractivity contribution in [1.29, 1.82) is 5.41 Å². The number of amidine groups is 1. The van der Waals surface area contributed by atoms with Crippen molar-refractivity contribution < 1.29 is 0 Å². The number of nitrogens with two attached hydrogens (primary N) is 1. The summed E-state index contributed by atoms with van der Waals surface area (Å²) >= 11 is 0. The predicted octanol–water partition coefficient (Wildman–Crippen LogP) is 3.43. The van der Waals surface area contributed by atoms with Crippen LogP contribution < -0.4 is 5.73 Å². The van der Waals surface area contributed by atoms with Gasteiger partial charge in [0.2, 0.25) is 0 Å². The minimum absolute atomic E-state index is 0.0916. The second-order valence-electron chi connectivity index (χ2n) is 4.71. The quantitative estimate of drug-likeness (QED) is 0.473. The molecule has 3 heteroatoms. The molecule has 2 aromatic carbocycles. The van der Waals surface area contributed by atoms with Crippen molar-refractivity contribution >= 4 is 16.7 Å². The summed E-state index contributed by atoms with van der Waals surface area (Å²) in [5, 5.41) is 8.61. The van der Waals surface area contributed by atoms with Crippen molar-refractivity contribution in [3.8, 4) is 11.3 Å². The van der Waals surface area contributed by atoms with Gasteiger partial charge in [-0.25, -0.2) is 0 Å². The monoisotopic (exact) mass is 249 g/mol. The molecule has 0 aliphatic carbocycles. The molecule has 3 rings (SSSR count). The Balaban J connectivity index is 2.17. The summed E-state index contributed by atoms with van der Waals surface area (Å²) in [6, 6.07) is 16.2. The summed E-state index contributed by atoms with van der Waals surface area (Å²) < 4.78 is 0. The van der Waals surface area contributed by atoms with Crippen LogP contribution in [0.4, 0.5) is 0 Å². The summed E-state index contributed by atoms with van der Waals surface area (Å²) in [6.45, 7) is 2.10. The van der Waals surface area contributed by atoms with Crippen LogP contribution in [0.3, 0.4) is 0 Å². The number of hydrogen-bond donors (Lipinski definition) is 3. The molecule has 0 saturated carbocycles. The minimum Gasteiger partial charge on any atom is -0.384 e. The maximum atomic E-state index is 7.48. The molecule has 3 aromatic rings. The van der Waals surface area contributed by atoms with Crippen LogP contribution in [-0.2, 0) is 0 Å². The smallest absolute Gasteiger partial charge is 0.122 e. The first kappa shape index (κ1) is 11.5. The molecule has 94 valence electrons. The van der Waals surface area contributed by atoms with E-state index in [1.807, 2.05) is 30.3 Å². The Morgan fingerprint density at radius 2 is 1.89 bits per heavy atom. The van der Waals surface area contributed by atoms with Crippen LogP contribution in [0.25, 0.3) is 22.2 Å². The zero-order valence-corrected chi connectivity index (χ0v) is 10.7. The van der Waals surface area contributed by atoms with E-state index in [4.69, 9.17) is 11.1 Å². The fourth-order valence-electron chi connectivity index (χ4n) is 2.31. The highest BCUT2D eigenvalue weighted by molar-refractivity contribution is 5.99. The third-order valence-electron chi connectivity index (χ3n) is 3.37. The van der Waals surface area contributed by atoms with Gasteiger partial charge in [0.05, 0.1) is 0 Å². The van der Waals surface area contributed by atoms with Crippen LogP contribution >= 0.6 is 0 Å². The fraction of sp³-hybridized carbons (Fsp3) is 0.0625. The topological polar surface area (TPSA) is 65.7 Å². The predicted molar refractivity (Wildman–Crippen MR) is 79.5 cm³/mol. The van der Waals surface area contributed by atoms with E-state index in [1.54, 1.807) is 0 Å². The number of aromatic amines is 1. The summed E-state index contributed by atoms with van der Waals surface area (Å²) in [6.07, 6.45) is 0. The Hall–Kier alpha value is -2.55. The van der Waals surface area contributed by atoms with Gasteiger partial charge in [-0.2, -0.15) is 0 Å². The average Bonchev–Trinajstić information content (AvgIpc) is 2.81. The van der Waals surface area contributed by atoms with Gasteiger partial charge >= 0.3 is 0 Å². The molecule has 1 heterocycles. The lowest BCUT2D eigenvalue weighted by atomic mass is 10.1. The maximum Gasteiger partial charge on any atom is 0.122 e. The number of hydrogen-bond acceptors (Lipinski definition) is 1. The van der Waals surface area contributed by atoms with Gasteiger partial charge < -0.3 is 10.7 Å². The summed E-state index contributed by atoms with van der Waals surface area (Å²) in [5.74, 6) is 0.0916. The first-order chi connectivity index (χ1) is 9.15. The number of H-pyrrole nitrogens is 1. The number of rotatable bonds is 2. The second kappa shape index (κ2) is 4.28. The van der Waals surface area contributed by atoms with Gasteiger partial charge in [0.15, 0.2) is 0 Å². The Morgan fingerprint density at radius 1 is 1.11 bits per heavy atom. The van der Waals surface area contributed by atoms with Crippen LogP contribution in [0, 0.1) is 12.3 Å². The molecule has 0 atom stereocenters. The Morgan fingerprint density at radius 3 is 2.63 bits per heavy atom. The molecular weight excluding hydrogens is 234 g/mol. The molecule has 0 radical (unpaired) electrons. The third kappa shape index (κ3) is 1.99. The molecule has 4 N–H and O–H groups in total.